The molecule has 4 rings (SSSR count). The van der Waals surface area contributed by atoms with Crippen LogP contribution >= 0.6 is 11.6 Å². The van der Waals surface area contributed by atoms with Gasteiger partial charge in [-0.25, -0.2) is 13.6 Å². The number of rotatable bonds is 7. The molecule has 33 heavy (non-hydrogen) atoms. The molecule has 0 saturated heterocycles. The van der Waals surface area contributed by atoms with Gasteiger partial charge in [0.1, 0.15) is 16.4 Å². The minimum absolute atomic E-state index is 0.00753. The normalized spacial score (nSPS) is 11.2. The number of primary sulfonamides is 1. The number of benzene rings is 3. The molecular formula is C21H17ClN6O4S. The van der Waals surface area contributed by atoms with E-state index in [9.17, 15) is 13.2 Å². The van der Waals surface area contributed by atoms with Crippen LogP contribution < -0.4 is 15.2 Å². The summed E-state index contributed by atoms with van der Waals surface area (Å²) in [5.41, 5.74) is 1.50. The van der Waals surface area contributed by atoms with Crippen molar-refractivity contribution in [2.24, 2.45) is 5.14 Å². The maximum Gasteiger partial charge on any atom is 0.241 e. The van der Waals surface area contributed by atoms with E-state index in [2.05, 4.69) is 25.9 Å². The summed E-state index contributed by atoms with van der Waals surface area (Å²) in [6, 6.07) is 17.8. The number of anilines is 1. The van der Waals surface area contributed by atoms with Gasteiger partial charge in [0.2, 0.25) is 21.8 Å². The van der Waals surface area contributed by atoms with E-state index in [1.165, 1.54) is 18.2 Å². The van der Waals surface area contributed by atoms with Gasteiger partial charge in [0, 0.05) is 16.3 Å². The van der Waals surface area contributed by atoms with Crippen molar-refractivity contribution in [3.8, 4) is 22.9 Å². The lowest BCUT2D eigenvalue weighted by atomic mass is 10.1. The molecular weight excluding hydrogens is 468 g/mol. The number of halogens is 1. The van der Waals surface area contributed by atoms with Gasteiger partial charge in [-0.1, -0.05) is 41.9 Å². The van der Waals surface area contributed by atoms with Gasteiger partial charge in [0.05, 0.1) is 6.42 Å². The number of nitrogens with two attached hydrogens (primary N) is 1. The van der Waals surface area contributed by atoms with Crippen molar-refractivity contribution in [3.63, 3.8) is 0 Å². The van der Waals surface area contributed by atoms with Crippen LogP contribution in [0.3, 0.4) is 0 Å². The summed E-state index contributed by atoms with van der Waals surface area (Å²) < 4.78 is 30.2. The van der Waals surface area contributed by atoms with E-state index in [1.54, 1.807) is 48.5 Å². The van der Waals surface area contributed by atoms with Gasteiger partial charge >= 0.3 is 0 Å². The molecule has 0 fully saturated rings. The molecule has 0 unspecified atom stereocenters. The molecule has 4 N–H and O–H groups in total. The Morgan fingerprint density at radius 2 is 1.91 bits per heavy atom. The number of aromatic amines is 1. The van der Waals surface area contributed by atoms with Crippen LogP contribution in [0.2, 0.25) is 5.02 Å². The maximum absolute atomic E-state index is 12.4. The molecule has 0 radical (unpaired) electrons. The zero-order valence-corrected chi connectivity index (χ0v) is 18.5. The standard InChI is InChI=1S/C21H17ClN6O4S/c22-17-7-2-1-4-13(17)11-20(29)24-15-8-9-18(19(12-15)33(23,30)31)32-16-6-3-5-14(10-16)21-25-27-28-26-21/h1-10,12H,11H2,(H,24,29)(H2,23,30,31)(H,25,26,27,28). The van der Waals surface area contributed by atoms with Gasteiger partial charge in [-0.15, -0.1) is 10.2 Å². The van der Waals surface area contributed by atoms with Gasteiger partial charge in [0.25, 0.3) is 0 Å². The minimum Gasteiger partial charge on any atom is -0.456 e. The van der Waals surface area contributed by atoms with Crippen LogP contribution in [-0.2, 0) is 21.2 Å². The summed E-state index contributed by atoms with van der Waals surface area (Å²) in [7, 11) is -4.17. The van der Waals surface area contributed by atoms with Crippen molar-refractivity contribution in [3.05, 3.63) is 77.3 Å². The van der Waals surface area contributed by atoms with E-state index < -0.39 is 10.0 Å². The third-order valence-corrected chi connectivity index (χ3v) is 5.81. The molecule has 0 aliphatic carbocycles. The average molecular weight is 485 g/mol. The van der Waals surface area contributed by atoms with Crippen molar-refractivity contribution in [2.45, 2.75) is 11.3 Å². The fourth-order valence-corrected chi connectivity index (χ4v) is 3.91. The second kappa shape index (κ2) is 9.36. The zero-order chi connectivity index (χ0) is 23.4. The smallest absolute Gasteiger partial charge is 0.241 e. The van der Waals surface area contributed by atoms with E-state index >= 15 is 0 Å². The summed E-state index contributed by atoms with van der Waals surface area (Å²) in [5, 5.41) is 22.2. The van der Waals surface area contributed by atoms with Crippen LogP contribution in [0.15, 0.2) is 71.6 Å². The van der Waals surface area contributed by atoms with E-state index in [1.807, 2.05) is 0 Å². The van der Waals surface area contributed by atoms with Gasteiger partial charge < -0.3 is 10.1 Å². The van der Waals surface area contributed by atoms with Gasteiger partial charge in [-0.3, -0.25) is 4.79 Å². The first-order valence-electron chi connectivity index (χ1n) is 9.51. The molecule has 0 spiro atoms. The molecule has 0 saturated carbocycles. The number of hydrogen-bond donors (Lipinski definition) is 3. The summed E-state index contributed by atoms with van der Waals surface area (Å²) in [4.78, 5) is 12.1. The fourth-order valence-electron chi connectivity index (χ4n) is 3.02. The second-order valence-electron chi connectivity index (χ2n) is 6.89. The van der Waals surface area contributed by atoms with Gasteiger partial charge in [0.15, 0.2) is 0 Å². The first-order valence-corrected chi connectivity index (χ1v) is 11.4. The Balaban J connectivity index is 1.57. The topological polar surface area (TPSA) is 153 Å². The molecule has 1 amide bonds. The summed E-state index contributed by atoms with van der Waals surface area (Å²) >= 11 is 6.09. The SMILES string of the molecule is NS(=O)(=O)c1cc(NC(=O)Cc2ccccc2Cl)ccc1Oc1cccc(-c2nn[nH]n2)c1. The Kier molecular flexibility index (Phi) is 6.36. The summed E-state index contributed by atoms with van der Waals surface area (Å²) in [5.74, 6) is 0.304. The maximum atomic E-state index is 12.4. The van der Waals surface area contributed by atoms with Crippen LogP contribution in [0.1, 0.15) is 5.56 Å². The highest BCUT2D eigenvalue weighted by Crippen LogP contribution is 2.32. The third kappa shape index (κ3) is 5.52. The highest BCUT2D eigenvalue weighted by atomic mass is 35.5. The zero-order valence-electron chi connectivity index (χ0n) is 16.9. The molecule has 0 aliphatic heterocycles. The fraction of sp³-hybridized carbons (Fsp3) is 0.0476. The number of amides is 1. The number of sulfonamides is 1. The van der Waals surface area contributed by atoms with Gasteiger partial charge in [-0.05, 0) is 47.2 Å². The number of carbonyl (C=O) groups excluding carboxylic acids is 1. The van der Waals surface area contributed by atoms with Crippen molar-refractivity contribution < 1.29 is 17.9 Å². The Morgan fingerprint density at radius 3 is 2.64 bits per heavy atom. The predicted molar refractivity (Wildman–Crippen MR) is 121 cm³/mol. The second-order valence-corrected chi connectivity index (χ2v) is 8.83. The first-order chi connectivity index (χ1) is 15.8. The number of carbonyl (C=O) groups is 1. The number of nitrogens with zero attached hydrogens (tertiary/aromatic N) is 3. The summed E-state index contributed by atoms with van der Waals surface area (Å²) in [6.45, 7) is 0. The highest BCUT2D eigenvalue weighted by molar-refractivity contribution is 7.89. The third-order valence-electron chi connectivity index (χ3n) is 4.51. The summed E-state index contributed by atoms with van der Waals surface area (Å²) in [6.07, 6.45) is 0.0194. The predicted octanol–water partition coefficient (Wildman–Crippen LogP) is 3.14. The van der Waals surface area contributed by atoms with E-state index in [0.717, 1.165) is 0 Å². The van der Waals surface area contributed by atoms with Gasteiger partial charge in [-0.2, -0.15) is 5.21 Å². The molecule has 0 bridgehead atoms. The Labute approximate surface area is 193 Å². The van der Waals surface area contributed by atoms with Crippen LogP contribution in [-0.4, -0.2) is 34.9 Å². The van der Waals surface area contributed by atoms with Crippen LogP contribution in [0.25, 0.3) is 11.4 Å². The van der Waals surface area contributed by atoms with Crippen molar-refractivity contribution in [1.82, 2.24) is 20.6 Å². The molecule has 0 aliphatic rings. The lowest BCUT2D eigenvalue weighted by Crippen LogP contribution is -2.17. The number of aromatic nitrogens is 4. The largest absolute Gasteiger partial charge is 0.456 e. The van der Waals surface area contributed by atoms with Crippen LogP contribution in [0.4, 0.5) is 5.69 Å². The van der Waals surface area contributed by atoms with E-state index in [4.69, 9.17) is 21.5 Å². The van der Waals surface area contributed by atoms with Crippen LogP contribution in [0, 0.1) is 0 Å². The lowest BCUT2D eigenvalue weighted by molar-refractivity contribution is -0.115. The molecule has 3 aromatic carbocycles. The average Bonchev–Trinajstić information content (AvgIpc) is 3.31. The number of nitrogens with one attached hydrogen (secondary N) is 2. The Hall–Kier alpha value is -3.80. The van der Waals surface area contributed by atoms with Crippen molar-refractivity contribution in [1.29, 1.82) is 0 Å². The molecule has 0 atom stereocenters. The van der Waals surface area contributed by atoms with E-state index in [-0.39, 0.29) is 28.7 Å². The molecule has 12 heteroatoms. The molecule has 168 valence electrons. The molecule has 1 heterocycles. The van der Waals surface area contributed by atoms with E-state index in [0.29, 0.717) is 27.7 Å². The minimum atomic E-state index is -4.17. The van der Waals surface area contributed by atoms with Crippen molar-refractivity contribution in [2.75, 3.05) is 5.32 Å². The number of tetrazole rings is 1. The Morgan fingerprint density at radius 1 is 1.09 bits per heavy atom. The van der Waals surface area contributed by atoms with Crippen LogP contribution in [0.5, 0.6) is 11.5 Å². The lowest BCUT2D eigenvalue weighted by Gasteiger charge is -2.13. The monoisotopic (exact) mass is 484 g/mol. The number of ether oxygens (including phenoxy) is 1. The quantitative estimate of drug-likeness (QED) is 0.364. The highest BCUT2D eigenvalue weighted by Gasteiger charge is 2.18. The molecule has 4 aromatic rings. The molecule has 1 aromatic heterocycles. The Bertz CT molecular complexity index is 1410. The van der Waals surface area contributed by atoms with Crippen molar-refractivity contribution >= 4 is 33.2 Å². The number of hydrogen-bond acceptors (Lipinski definition) is 7. The molecule has 10 nitrogen and oxygen atoms in total. The number of H-pyrrole nitrogens is 1. The first kappa shape index (κ1) is 22.4.